The lowest BCUT2D eigenvalue weighted by molar-refractivity contribution is 0.735. The van der Waals surface area contributed by atoms with Gasteiger partial charge in [-0.1, -0.05) is 129 Å². The minimum atomic E-state index is 0.513. The average molecular weight is 487 g/mol. The fourth-order valence-electron chi connectivity index (χ4n) is 6.05. The van der Waals surface area contributed by atoms with E-state index < -0.39 is 0 Å². The van der Waals surface area contributed by atoms with Crippen LogP contribution in [0.1, 0.15) is 31.7 Å². The molecule has 0 nitrogen and oxygen atoms in total. The van der Waals surface area contributed by atoms with Gasteiger partial charge >= 0.3 is 0 Å². The Morgan fingerprint density at radius 1 is 0.447 bits per heavy atom. The monoisotopic (exact) mass is 486 g/mol. The number of fused-ring (bicyclic) bond motifs is 4. The van der Waals surface area contributed by atoms with Gasteiger partial charge in [-0.25, -0.2) is 0 Å². The second-order valence-electron chi connectivity index (χ2n) is 10.5. The van der Waals surface area contributed by atoms with Crippen molar-refractivity contribution in [2.24, 2.45) is 0 Å². The molecule has 182 valence electrons. The summed E-state index contributed by atoms with van der Waals surface area (Å²) in [6.07, 6.45) is 1.13. The van der Waals surface area contributed by atoms with E-state index in [1.54, 1.807) is 0 Å². The van der Waals surface area contributed by atoms with E-state index in [0.29, 0.717) is 5.92 Å². The topological polar surface area (TPSA) is 0 Å². The van der Waals surface area contributed by atoms with Gasteiger partial charge in [-0.05, 0) is 95.4 Å². The highest BCUT2D eigenvalue weighted by atomic mass is 14.2. The molecule has 7 aromatic carbocycles. The Kier molecular flexibility index (Phi) is 5.48. The first kappa shape index (κ1) is 22.8. The Morgan fingerprint density at radius 2 is 0.921 bits per heavy atom. The molecule has 0 fully saturated rings. The molecule has 0 saturated carbocycles. The Bertz CT molecular complexity index is 1970. The first-order valence-electron chi connectivity index (χ1n) is 13.7. The third kappa shape index (κ3) is 3.68. The largest absolute Gasteiger partial charge is 0.0648 e. The van der Waals surface area contributed by atoms with Gasteiger partial charge in [0.25, 0.3) is 0 Å². The lowest BCUT2D eigenvalue weighted by atomic mass is 9.83. The molecule has 0 aromatic heterocycles. The van der Waals surface area contributed by atoms with Crippen molar-refractivity contribution in [3.8, 4) is 22.3 Å². The van der Waals surface area contributed by atoms with E-state index in [9.17, 15) is 0 Å². The van der Waals surface area contributed by atoms with Crippen LogP contribution in [0.5, 0.6) is 0 Å². The summed E-state index contributed by atoms with van der Waals surface area (Å²) in [6.45, 7) is 4.61. The molecule has 7 aromatic rings. The van der Waals surface area contributed by atoms with Crippen LogP contribution in [0, 0.1) is 0 Å². The van der Waals surface area contributed by atoms with Crippen molar-refractivity contribution in [1.82, 2.24) is 0 Å². The van der Waals surface area contributed by atoms with Gasteiger partial charge < -0.3 is 0 Å². The van der Waals surface area contributed by atoms with E-state index in [1.165, 1.54) is 70.9 Å². The van der Waals surface area contributed by atoms with Gasteiger partial charge in [0.2, 0.25) is 0 Å². The van der Waals surface area contributed by atoms with Gasteiger partial charge in [0.15, 0.2) is 0 Å². The van der Waals surface area contributed by atoms with E-state index in [0.717, 1.165) is 6.42 Å². The minimum absolute atomic E-state index is 0.513. The predicted octanol–water partition coefficient (Wildman–Crippen LogP) is 11.1. The van der Waals surface area contributed by atoms with Crippen molar-refractivity contribution in [3.05, 3.63) is 133 Å². The first-order valence-corrected chi connectivity index (χ1v) is 13.7. The average Bonchev–Trinajstić information content (AvgIpc) is 2.98. The second-order valence-corrected chi connectivity index (χ2v) is 10.5. The first-order chi connectivity index (χ1) is 18.7. The zero-order valence-corrected chi connectivity index (χ0v) is 21.9. The molecule has 0 saturated heterocycles. The number of hydrogen-bond acceptors (Lipinski definition) is 0. The summed E-state index contributed by atoms with van der Waals surface area (Å²) in [5.41, 5.74) is 6.60. The van der Waals surface area contributed by atoms with Crippen LogP contribution in [0.25, 0.3) is 65.3 Å². The quantitative estimate of drug-likeness (QED) is 0.217. The summed E-state index contributed by atoms with van der Waals surface area (Å²) in [4.78, 5) is 0. The maximum atomic E-state index is 2.46. The molecule has 0 amide bonds. The third-order valence-corrected chi connectivity index (χ3v) is 8.31. The van der Waals surface area contributed by atoms with Crippen molar-refractivity contribution < 1.29 is 0 Å². The van der Waals surface area contributed by atoms with Gasteiger partial charge in [0, 0.05) is 0 Å². The molecule has 1 atom stereocenters. The maximum absolute atomic E-state index is 2.46. The van der Waals surface area contributed by atoms with Gasteiger partial charge in [0.1, 0.15) is 0 Å². The van der Waals surface area contributed by atoms with Crippen molar-refractivity contribution >= 4 is 43.1 Å². The highest BCUT2D eigenvalue weighted by molar-refractivity contribution is 6.22. The Labute approximate surface area is 224 Å². The number of hydrogen-bond donors (Lipinski definition) is 0. The lowest BCUT2D eigenvalue weighted by Crippen LogP contribution is -1.95. The Balaban J connectivity index is 1.62. The third-order valence-electron chi connectivity index (χ3n) is 8.31. The molecule has 0 aliphatic carbocycles. The summed E-state index contributed by atoms with van der Waals surface area (Å²) in [5.74, 6) is 0.513. The van der Waals surface area contributed by atoms with Crippen molar-refractivity contribution in [2.45, 2.75) is 26.2 Å². The molecule has 0 aliphatic heterocycles. The molecule has 0 heteroatoms. The molecule has 0 heterocycles. The van der Waals surface area contributed by atoms with Crippen LogP contribution in [0.15, 0.2) is 127 Å². The second kappa shape index (κ2) is 9.15. The fourth-order valence-corrected chi connectivity index (χ4v) is 6.05. The molecule has 1 unspecified atom stereocenters. The normalized spacial score (nSPS) is 12.5. The van der Waals surface area contributed by atoms with E-state index in [-0.39, 0.29) is 0 Å². The van der Waals surface area contributed by atoms with E-state index >= 15 is 0 Å². The van der Waals surface area contributed by atoms with Crippen LogP contribution < -0.4 is 0 Å². The molecule has 0 N–H and O–H groups in total. The summed E-state index contributed by atoms with van der Waals surface area (Å²) >= 11 is 0. The highest BCUT2D eigenvalue weighted by Crippen LogP contribution is 2.45. The summed E-state index contributed by atoms with van der Waals surface area (Å²) < 4.78 is 0. The number of rotatable bonds is 4. The molecule has 0 bridgehead atoms. The standard InChI is InChI=1S/C38H30/c1-3-25(2)28-20-21-35-36(24-28)38(32-19-17-27-11-5-7-13-30(27)23-32)34-15-9-8-14-33(34)37(35)31-18-16-26-10-4-6-12-29(26)22-31/h4-25H,3H2,1-2H3. The van der Waals surface area contributed by atoms with Crippen LogP contribution >= 0.6 is 0 Å². The Morgan fingerprint density at radius 3 is 1.47 bits per heavy atom. The zero-order valence-electron chi connectivity index (χ0n) is 21.9. The predicted molar refractivity (Wildman–Crippen MR) is 166 cm³/mol. The highest BCUT2D eigenvalue weighted by Gasteiger charge is 2.18. The SMILES string of the molecule is CCC(C)c1ccc2c(-c3ccc4ccccc4c3)c3ccccc3c(-c3ccc4ccccc4c3)c2c1. The van der Waals surface area contributed by atoms with Crippen molar-refractivity contribution in [1.29, 1.82) is 0 Å². The molecular formula is C38H30. The Hall–Kier alpha value is -4.42. The van der Waals surface area contributed by atoms with E-state index in [4.69, 9.17) is 0 Å². The summed E-state index contributed by atoms with van der Waals surface area (Å²) in [6, 6.07) is 47.3. The molecule has 7 rings (SSSR count). The molecule has 0 radical (unpaired) electrons. The van der Waals surface area contributed by atoms with E-state index in [2.05, 4.69) is 141 Å². The minimum Gasteiger partial charge on any atom is -0.0648 e. The van der Waals surface area contributed by atoms with Gasteiger partial charge in [0.05, 0.1) is 0 Å². The van der Waals surface area contributed by atoms with Crippen LogP contribution in [-0.4, -0.2) is 0 Å². The number of benzene rings is 7. The fraction of sp³-hybridized carbons (Fsp3) is 0.105. The molecular weight excluding hydrogens is 456 g/mol. The van der Waals surface area contributed by atoms with Crippen LogP contribution in [-0.2, 0) is 0 Å². The summed E-state index contributed by atoms with van der Waals surface area (Å²) in [5, 5.41) is 10.4. The maximum Gasteiger partial charge on any atom is -0.00260 e. The molecule has 0 spiro atoms. The van der Waals surface area contributed by atoms with Crippen LogP contribution in [0.4, 0.5) is 0 Å². The lowest BCUT2D eigenvalue weighted by Gasteiger charge is -2.20. The summed E-state index contributed by atoms with van der Waals surface area (Å²) in [7, 11) is 0. The van der Waals surface area contributed by atoms with Crippen molar-refractivity contribution in [3.63, 3.8) is 0 Å². The zero-order chi connectivity index (χ0) is 25.6. The van der Waals surface area contributed by atoms with Crippen LogP contribution in [0.2, 0.25) is 0 Å². The van der Waals surface area contributed by atoms with E-state index in [1.807, 2.05) is 0 Å². The smallest absolute Gasteiger partial charge is 0.00260 e. The van der Waals surface area contributed by atoms with Crippen LogP contribution in [0.3, 0.4) is 0 Å². The van der Waals surface area contributed by atoms with Gasteiger partial charge in [-0.15, -0.1) is 0 Å². The van der Waals surface area contributed by atoms with Gasteiger partial charge in [-0.2, -0.15) is 0 Å². The van der Waals surface area contributed by atoms with Crippen molar-refractivity contribution in [2.75, 3.05) is 0 Å². The molecule has 0 aliphatic rings. The van der Waals surface area contributed by atoms with Gasteiger partial charge in [-0.3, -0.25) is 0 Å². The molecule has 38 heavy (non-hydrogen) atoms.